The topological polar surface area (TPSA) is 97.3 Å². The van der Waals surface area contributed by atoms with Crippen LogP contribution in [0.3, 0.4) is 0 Å². The predicted molar refractivity (Wildman–Crippen MR) is 118 cm³/mol. The first-order valence-corrected chi connectivity index (χ1v) is 11.5. The second kappa shape index (κ2) is 8.60. The van der Waals surface area contributed by atoms with Crippen molar-refractivity contribution in [1.29, 1.82) is 0 Å². The molecule has 0 amide bonds. The van der Waals surface area contributed by atoms with Crippen LogP contribution in [0, 0.1) is 13.8 Å². The first-order chi connectivity index (χ1) is 14.9. The van der Waals surface area contributed by atoms with Crippen LogP contribution >= 0.6 is 0 Å². The van der Waals surface area contributed by atoms with E-state index in [4.69, 9.17) is 4.74 Å². The first kappa shape index (κ1) is 21.2. The molecular formula is C22H25N5O3S. The molecule has 8 nitrogen and oxygen atoms in total. The second-order valence-electron chi connectivity index (χ2n) is 7.53. The van der Waals surface area contributed by atoms with E-state index in [0.29, 0.717) is 36.0 Å². The molecule has 4 rings (SSSR count). The molecule has 162 valence electrons. The monoisotopic (exact) mass is 439 g/mol. The largest absolute Gasteiger partial charge is 0.496 e. The van der Waals surface area contributed by atoms with E-state index in [1.165, 1.54) is 4.31 Å². The lowest BCUT2D eigenvalue weighted by molar-refractivity contribution is 0.389. The van der Waals surface area contributed by atoms with Crippen molar-refractivity contribution < 1.29 is 13.2 Å². The quantitative estimate of drug-likeness (QED) is 0.624. The number of pyridine rings is 1. The molecule has 3 heterocycles. The second-order valence-corrected chi connectivity index (χ2v) is 9.42. The molecule has 1 aliphatic rings. The average molecular weight is 440 g/mol. The minimum absolute atomic E-state index is 0.254. The van der Waals surface area contributed by atoms with Crippen LogP contribution in [-0.2, 0) is 10.0 Å². The number of nitrogens with zero attached hydrogens (tertiary/aromatic N) is 4. The van der Waals surface area contributed by atoms with E-state index < -0.39 is 10.0 Å². The van der Waals surface area contributed by atoms with Gasteiger partial charge in [0.15, 0.2) is 0 Å². The summed E-state index contributed by atoms with van der Waals surface area (Å²) >= 11 is 0. The van der Waals surface area contributed by atoms with E-state index in [2.05, 4.69) is 20.3 Å². The molecule has 0 unspecified atom stereocenters. The Kier molecular flexibility index (Phi) is 5.88. The Morgan fingerprint density at radius 3 is 2.74 bits per heavy atom. The number of hydrogen-bond acceptors (Lipinski definition) is 7. The summed E-state index contributed by atoms with van der Waals surface area (Å²) in [5, 5.41) is 3.17. The highest BCUT2D eigenvalue weighted by Crippen LogP contribution is 2.36. The lowest BCUT2D eigenvalue weighted by atomic mass is 10.2. The van der Waals surface area contributed by atoms with Gasteiger partial charge in [0, 0.05) is 12.7 Å². The van der Waals surface area contributed by atoms with Crippen molar-refractivity contribution in [2.75, 3.05) is 19.0 Å². The Labute approximate surface area is 182 Å². The van der Waals surface area contributed by atoms with Crippen molar-refractivity contribution in [2.45, 2.75) is 37.6 Å². The van der Waals surface area contributed by atoms with Gasteiger partial charge in [-0.25, -0.2) is 18.4 Å². The van der Waals surface area contributed by atoms with E-state index in [0.717, 1.165) is 17.5 Å². The maximum absolute atomic E-state index is 13.4. The standard InChI is InChI=1S/C22H25N5O3S/c1-15-6-4-10-24-22(15)26-21-14-23-13-18(25-21)19-7-5-11-27(19)31(28,29)17-8-9-20(30-3)16(2)12-17/h4,6,8-10,12-14,19H,5,7,11H2,1-3H3,(H,24,25,26)/t19-/m1/s1. The van der Waals surface area contributed by atoms with Gasteiger partial charge >= 0.3 is 0 Å². The average Bonchev–Trinajstić information content (AvgIpc) is 3.26. The SMILES string of the molecule is COc1ccc(S(=O)(=O)N2CCC[C@@H]2c2cncc(Nc3ncccc3C)n2)cc1C. The fraction of sp³-hybridized carbons (Fsp3) is 0.318. The van der Waals surface area contributed by atoms with E-state index in [-0.39, 0.29) is 10.9 Å². The number of methoxy groups -OCH3 is 1. The van der Waals surface area contributed by atoms with Crippen molar-refractivity contribution in [3.05, 3.63) is 65.7 Å². The number of benzene rings is 1. The summed E-state index contributed by atoms with van der Waals surface area (Å²) in [7, 11) is -2.12. The Morgan fingerprint density at radius 1 is 1.16 bits per heavy atom. The molecule has 0 radical (unpaired) electrons. The fourth-order valence-corrected chi connectivity index (χ4v) is 5.56. The molecule has 1 fully saturated rings. The van der Waals surface area contributed by atoms with Crippen LogP contribution in [0.25, 0.3) is 0 Å². The molecular weight excluding hydrogens is 414 g/mol. The summed E-state index contributed by atoms with van der Waals surface area (Å²) in [6, 6.07) is 8.37. The molecule has 1 atom stereocenters. The summed E-state index contributed by atoms with van der Waals surface area (Å²) < 4.78 is 33.6. The van der Waals surface area contributed by atoms with Gasteiger partial charge in [0.05, 0.1) is 36.1 Å². The van der Waals surface area contributed by atoms with Gasteiger partial charge < -0.3 is 10.1 Å². The van der Waals surface area contributed by atoms with Crippen molar-refractivity contribution >= 4 is 21.7 Å². The van der Waals surface area contributed by atoms with E-state index in [9.17, 15) is 8.42 Å². The molecule has 0 aliphatic carbocycles. The van der Waals surface area contributed by atoms with E-state index in [1.807, 2.05) is 26.0 Å². The maximum Gasteiger partial charge on any atom is 0.243 e. The normalized spacial score (nSPS) is 16.9. The minimum atomic E-state index is -3.68. The van der Waals surface area contributed by atoms with Gasteiger partial charge in [-0.05, 0) is 62.1 Å². The highest BCUT2D eigenvalue weighted by atomic mass is 32.2. The maximum atomic E-state index is 13.4. The molecule has 31 heavy (non-hydrogen) atoms. The number of sulfonamides is 1. The Balaban J connectivity index is 1.63. The summed E-state index contributed by atoms with van der Waals surface area (Å²) in [4.78, 5) is 13.5. The summed E-state index contributed by atoms with van der Waals surface area (Å²) in [6.45, 7) is 4.23. The molecule has 1 aromatic carbocycles. The highest BCUT2D eigenvalue weighted by Gasteiger charge is 2.37. The summed E-state index contributed by atoms with van der Waals surface area (Å²) in [5.74, 6) is 1.88. The van der Waals surface area contributed by atoms with Gasteiger partial charge in [0.25, 0.3) is 0 Å². The van der Waals surface area contributed by atoms with Crippen molar-refractivity contribution in [1.82, 2.24) is 19.3 Å². The number of hydrogen-bond donors (Lipinski definition) is 1. The van der Waals surface area contributed by atoms with Gasteiger partial charge in [0.2, 0.25) is 10.0 Å². The van der Waals surface area contributed by atoms with Crippen LogP contribution in [0.5, 0.6) is 5.75 Å². The van der Waals surface area contributed by atoms with E-state index in [1.54, 1.807) is 43.9 Å². The molecule has 9 heteroatoms. The van der Waals surface area contributed by atoms with Crippen LogP contribution in [-0.4, -0.2) is 41.3 Å². The van der Waals surface area contributed by atoms with Gasteiger partial charge in [-0.2, -0.15) is 4.31 Å². The van der Waals surface area contributed by atoms with Crippen LogP contribution in [0.4, 0.5) is 11.6 Å². The van der Waals surface area contributed by atoms with Crippen LogP contribution in [0.1, 0.15) is 35.7 Å². The van der Waals surface area contributed by atoms with Crippen LogP contribution in [0.15, 0.2) is 53.8 Å². The third-order valence-electron chi connectivity index (χ3n) is 5.43. The zero-order chi connectivity index (χ0) is 22.0. The third kappa shape index (κ3) is 4.24. The van der Waals surface area contributed by atoms with E-state index >= 15 is 0 Å². The molecule has 1 N–H and O–H groups in total. The number of anilines is 2. The van der Waals surface area contributed by atoms with Gasteiger partial charge in [-0.1, -0.05) is 6.07 Å². The van der Waals surface area contributed by atoms with Crippen LogP contribution in [0.2, 0.25) is 0 Å². The fourth-order valence-electron chi connectivity index (χ4n) is 3.81. The van der Waals surface area contributed by atoms with Crippen molar-refractivity contribution in [2.24, 2.45) is 0 Å². The lowest BCUT2D eigenvalue weighted by Gasteiger charge is -2.24. The number of ether oxygens (including phenoxy) is 1. The Morgan fingerprint density at radius 2 is 2.00 bits per heavy atom. The van der Waals surface area contributed by atoms with Gasteiger partial charge in [-0.3, -0.25) is 4.98 Å². The van der Waals surface area contributed by atoms with Crippen molar-refractivity contribution in [3.63, 3.8) is 0 Å². The molecule has 2 aromatic heterocycles. The Hall–Kier alpha value is -3.04. The first-order valence-electron chi connectivity index (χ1n) is 10.1. The predicted octanol–water partition coefficient (Wildman–Crippen LogP) is 3.77. The van der Waals surface area contributed by atoms with Gasteiger partial charge in [0.1, 0.15) is 17.4 Å². The molecule has 0 spiro atoms. The van der Waals surface area contributed by atoms with Crippen LogP contribution < -0.4 is 10.1 Å². The van der Waals surface area contributed by atoms with Crippen molar-refractivity contribution in [3.8, 4) is 5.75 Å². The molecule has 1 saturated heterocycles. The molecule has 1 aliphatic heterocycles. The smallest absolute Gasteiger partial charge is 0.243 e. The number of nitrogens with one attached hydrogen (secondary N) is 1. The minimum Gasteiger partial charge on any atom is -0.496 e. The zero-order valence-corrected chi connectivity index (χ0v) is 18.6. The highest BCUT2D eigenvalue weighted by molar-refractivity contribution is 7.89. The number of aryl methyl sites for hydroxylation is 2. The summed E-state index contributed by atoms with van der Waals surface area (Å²) in [5.41, 5.74) is 2.37. The number of aromatic nitrogens is 3. The number of rotatable bonds is 6. The lowest BCUT2D eigenvalue weighted by Crippen LogP contribution is -2.31. The molecule has 0 bridgehead atoms. The molecule has 0 saturated carbocycles. The zero-order valence-electron chi connectivity index (χ0n) is 17.7. The summed E-state index contributed by atoms with van der Waals surface area (Å²) in [6.07, 6.45) is 6.40. The van der Waals surface area contributed by atoms with Gasteiger partial charge in [-0.15, -0.1) is 0 Å². The third-order valence-corrected chi connectivity index (χ3v) is 7.33. The molecule has 3 aromatic rings. The Bertz CT molecular complexity index is 1200.